The van der Waals surface area contributed by atoms with Crippen LogP contribution in [-0.4, -0.2) is 0 Å². The minimum Gasteiger partial charge on any atom is -0.448 e. The van der Waals surface area contributed by atoms with Gasteiger partial charge in [0.1, 0.15) is 5.76 Å². The van der Waals surface area contributed by atoms with E-state index in [4.69, 9.17) is 4.42 Å². The van der Waals surface area contributed by atoms with Crippen molar-refractivity contribution < 1.29 is 4.42 Å². The molecule has 0 aliphatic heterocycles. The van der Waals surface area contributed by atoms with Gasteiger partial charge in [-0.15, -0.1) is 0 Å². The zero-order valence-corrected chi connectivity index (χ0v) is 14.4. The molecule has 4 heteroatoms. The summed E-state index contributed by atoms with van der Waals surface area (Å²) in [6, 6.07) is 15.9. The molecule has 1 heterocycles. The summed E-state index contributed by atoms with van der Waals surface area (Å²) in [5, 5.41) is 11.3. The van der Waals surface area contributed by atoms with Gasteiger partial charge in [0, 0.05) is 21.2 Å². The van der Waals surface area contributed by atoms with Gasteiger partial charge < -0.3 is 4.42 Å². The van der Waals surface area contributed by atoms with Crippen molar-refractivity contribution in [3.05, 3.63) is 58.3 Å². The number of hydrogen-bond acceptors (Lipinski definition) is 2. The van der Waals surface area contributed by atoms with E-state index >= 15 is 0 Å². The lowest BCUT2D eigenvalue weighted by Crippen LogP contribution is -1.84. The number of halogens is 2. The first-order valence-corrected chi connectivity index (χ1v) is 8.18. The fourth-order valence-electron chi connectivity index (χ4n) is 2.35. The van der Waals surface area contributed by atoms with Gasteiger partial charge >= 0.3 is 0 Å². The Kier molecular flexibility index (Phi) is 3.88. The third kappa shape index (κ3) is 2.52. The fourth-order valence-corrected chi connectivity index (χ4v) is 3.12. The summed E-state index contributed by atoms with van der Waals surface area (Å²) < 4.78 is 6.57. The monoisotopic (exact) mass is 403 g/mol. The van der Waals surface area contributed by atoms with Crippen molar-refractivity contribution in [1.82, 2.24) is 0 Å². The van der Waals surface area contributed by atoms with Crippen LogP contribution < -0.4 is 0 Å². The Morgan fingerprint density at radius 1 is 1.14 bits per heavy atom. The van der Waals surface area contributed by atoms with Gasteiger partial charge in [0.15, 0.2) is 4.67 Å². The number of nitrogens with zero attached hydrogens (tertiary/aromatic N) is 1. The summed E-state index contributed by atoms with van der Waals surface area (Å²) in [7, 11) is 0. The summed E-state index contributed by atoms with van der Waals surface area (Å²) >= 11 is 7.06. The number of fused-ring (bicyclic) bond motifs is 1. The molecule has 0 saturated carbocycles. The molecule has 0 aliphatic rings. The predicted octanol–water partition coefficient (Wildman–Crippen LogP) is 6.19. The van der Waals surface area contributed by atoms with E-state index in [1.54, 1.807) is 6.07 Å². The Labute approximate surface area is 139 Å². The molecule has 0 saturated heterocycles. The normalized spacial score (nSPS) is 12.3. The molecule has 1 atom stereocenters. The van der Waals surface area contributed by atoms with Crippen molar-refractivity contribution in [1.29, 1.82) is 5.26 Å². The Balaban J connectivity index is 2.28. The molecule has 1 aromatic heterocycles. The van der Waals surface area contributed by atoms with E-state index in [9.17, 15) is 5.26 Å². The van der Waals surface area contributed by atoms with Crippen molar-refractivity contribution >= 4 is 42.6 Å². The summed E-state index contributed by atoms with van der Waals surface area (Å²) in [6.45, 7) is 2.08. The first-order chi connectivity index (χ1) is 10.1. The molecule has 0 spiro atoms. The van der Waals surface area contributed by atoms with Crippen LogP contribution in [0.15, 0.2) is 51.6 Å². The SMILES string of the molecule is CC(Br)c1ccc2c(-c3ccccc3C#N)oc(Br)c2c1. The van der Waals surface area contributed by atoms with E-state index in [0.29, 0.717) is 10.2 Å². The van der Waals surface area contributed by atoms with E-state index in [2.05, 4.69) is 57.0 Å². The first-order valence-electron chi connectivity index (χ1n) is 6.47. The molecule has 0 radical (unpaired) electrons. The second-order valence-corrected chi connectivity index (χ2v) is 6.88. The summed E-state index contributed by atoms with van der Waals surface area (Å²) in [5.74, 6) is 0.725. The number of hydrogen-bond donors (Lipinski definition) is 0. The summed E-state index contributed by atoms with van der Waals surface area (Å²) in [4.78, 5) is 0.276. The van der Waals surface area contributed by atoms with E-state index < -0.39 is 0 Å². The fraction of sp³-hybridized carbons (Fsp3) is 0.118. The van der Waals surface area contributed by atoms with Crippen LogP contribution >= 0.6 is 31.9 Å². The molecule has 2 nitrogen and oxygen atoms in total. The molecule has 0 bridgehead atoms. The standard InChI is InChI=1S/C17H11Br2NO/c1-10(18)11-6-7-14-15(8-11)17(19)21-16(14)13-5-3-2-4-12(13)9-20/h2-8,10H,1H3. The van der Waals surface area contributed by atoms with Crippen LogP contribution in [0.3, 0.4) is 0 Å². The van der Waals surface area contributed by atoms with Crippen molar-refractivity contribution in [2.24, 2.45) is 0 Å². The molecule has 3 rings (SSSR count). The third-order valence-corrected chi connectivity index (χ3v) is 4.56. The van der Waals surface area contributed by atoms with Crippen LogP contribution in [0.5, 0.6) is 0 Å². The largest absolute Gasteiger partial charge is 0.448 e. The van der Waals surface area contributed by atoms with Crippen molar-refractivity contribution in [3.63, 3.8) is 0 Å². The lowest BCUT2D eigenvalue weighted by Gasteiger charge is -2.04. The lowest BCUT2D eigenvalue weighted by atomic mass is 10.0. The zero-order chi connectivity index (χ0) is 15.0. The van der Waals surface area contributed by atoms with Gasteiger partial charge in [0.25, 0.3) is 0 Å². The zero-order valence-electron chi connectivity index (χ0n) is 11.2. The highest BCUT2D eigenvalue weighted by Crippen LogP contribution is 2.39. The van der Waals surface area contributed by atoms with Crippen molar-refractivity contribution in [2.45, 2.75) is 11.8 Å². The van der Waals surface area contributed by atoms with Gasteiger partial charge in [-0.25, -0.2) is 0 Å². The summed E-state index contributed by atoms with van der Waals surface area (Å²) in [6.07, 6.45) is 0. The number of rotatable bonds is 2. The maximum Gasteiger partial charge on any atom is 0.177 e. The molecule has 2 aromatic carbocycles. The van der Waals surface area contributed by atoms with E-state index in [1.165, 1.54) is 5.56 Å². The molecular weight excluding hydrogens is 394 g/mol. The van der Waals surface area contributed by atoms with Gasteiger partial charge in [0.05, 0.1) is 11.6 Å². The second-order valence-electron chi connectivity index (χ2n) is 4.78. The van der Waals surface area contributed by atoms with Gasteiger partial charge in [-0.3, -0.25) is 0 Å². The van der Waals surface area contributed by atoms with Crippen molar-refractivity contribution in [3.8, 4) is 17.4 Å². The minimum absolute atomic E-state index is 0.276. The average molecular weight is 405 g/mol. The average Bonchev–Trinajstić information content (AvgIpc) is 2.83. The Morgan fingerprint density at radius 2 is 1.90 bits per heavy atom. The van der Waals surface area contributed by atoms with Crippen LogP contribution in [0.1, 0.15) is 22.9 Å². The molecule has 104 valence electrons. The molecule has 0 aliphatic carbocycles. The van der Waals surface area contributed by atoms with Crippen LogP contribution in [0.2, 0.25) is 0 Å². The number of benzene rings is 2. The van der Waals surface area contributed by atoms with Gasteiger partial charge in [-0.05, 0) is 46.6 Å². The van der Waals surface area contributed by atoms with E-state index in [0.717, 1.165) is 22.1 Å². The molecule has 3 aromatic rings. The third-order valence-electron chi connectivity index (χ3n) is 3.44. The topological polar surface area (TPSA) is 36.9 Å². The minimum atomic E-state index is 0.276. The molecular formula is C17H11Br2NO. The quantitative estimate of drug-likeness (QED) is 0.477. The molecule has 21 heavy (non-hydrogen) atoms. The van der Waals surface area contributed by atoms with Gasteiger partial charge in [-0.2, -0.15) is 5.26 Å². The Bertz CT molecular complexity index is 859. The van der Waals surface area contributed by atoms with E-state index in [-0.39, 0.29) is 4.83 Å². The lowest BCUT2D eigenvalue weighted by molar-refractivity contribution is 0.561. The molecule has 0 N–H and O–H groups in total. The molecule has 0 fully saturated rings. The predicted molar refractivity (Wildman–Crippen MR) is 91.4 cm³/mol. The van der Waals surface area contributed by atoms with Gasteiger partial charge in [0.2, 0.25) is 0 Å². The van der Waals surface area contributed by atoms with Crippen LogP contribution in [0, 0.1) is 11.3 Å². The maximum absolute atomic E-state index is 9.27. The number of alkyl halides is 1. The smallest absolute Gasteiger partial charge is 0.177 e. The maximum atomic E-state index is 9.27. The van der Waals surface area contributed by atoms with E-state index in [1.807, 2.05) is 24.3 Å². The highest BCUT2D eigenvalue weighted by molar-refractivity contribution is 9.10. The number of nitriles is 1. The van der Waals surface area contributed by atoms with Crippen LogP contribution in [0.25, 0.3) is 22.1 Å². The van der Waals surface area contributed by atoms with Crippen LogP contribution in [0.4, 0.5) is 0 Å². The number of furan rings is 1. The molecule has 0 amide bonds. The second kappa shape index (κ2) is 5.67. The highest BCUT2D eigenvalue weighted by atomic mass is 79.9. The summed E-state index contributed by atoms with van der Waals surface area (Å²) in [5.41, 5.74) is 2.61. The van der Waals surface area contributed by atoms with Crippen LogP contribution in [-0.2, 0) is 0 Å². The Morgan fingerprint density at radius 3 is 2.62 bits per heavy atom. The van der Waals surface area contributed by atoms with Crippen molar-refractivity contribution in [2.75, 3.05) is 0 Å². The Hall–Kier alpha value is -1.57. The molecule has 1 unspecified atom stereocenters. The first kappa shape index (κ1) is 14.4. The van der Waals surface area contributed by atoms with Gasteiger partial charge in [-0.1, -0.05) is 40.2 Å². The highest BCUT2D eigenvalue weighted by Gasteiger charge is 2.16.